The average Bonchev–Trinajstić information content (AvgIpc) is 2.32. The molecule has 0 aromatic carbocycles. The number of nitrogens with zero attached hydrogens (tertiary/aromatic N) is 3. The highest BCUT2D eigenvalue weighted by molar-refractivity contribution is 5.60. The first-order chi connectivity index (χ1) is 7.40. The van der Waals surface area contributed by atoms with Crippen molar-refractivity contribution in [1.82, 2.24) is 9.97 Å². The van der Waals surface area contributed by atoms with Crippen molar-refractivity contribution in [2.24, 2.45) is 0 Å². The van der Waals surface area contributed by atoms with Gasteiger partial charge in [0.25, 0.3) is 0 Å². The third kappa shape index (κ3) is 2.18. The molecule has 0 bridgehead atoms. The summed E-state index contributed by atoms with van der Waals surface area (Å²) < 4.78 is 0. The Morgan fingerprint density at radius 1 is 1.13 bits per heavy atom. The van der Waals surface area contributed by atoms with Gasteiger partial charge in [0.05, 0.1) is 18.2 Å². The highest BCUT2D eigenvalue weighted by Gasteiger charge is 1.98. The summed E-state index contributed by atoms with van der Waals surface area (Å²) in [4.78, 5) is 8.23. The van der Waals surface area contributed by atoms with Crippen molar-refractivity contribution < 1.29 is 0 Å². The predicted octanol–water partition coefficient (Wildman–Crippen LogP) is 2.21. The van der Waals surface area contributed by atoms with E-state index in [-0.39, 0.29) is 0 Å². The maximum Gasteiger partial charge on any atom is 0.0774 e. The van der Waals surface area contributed by atoms with Crippen LogP contribution in [0.15, 0.2) is 42.9 Å². The number of hydrogen-bond donors (Lipinski definition) is 0. The molecule has 0 radical (unpaired) electrons. The third-order valence-corrected chi connectivity index (χ3v) is 2.08. The minimum atomic E-state index is 0.354. The first-order valence-corrected chi connectivity index (χ1v) is 4.62. The van der Waals surface area contributed by atoms with Crippen LogP contribution in [0.2, 0.25) is 0 Å². The molecule has 0 saturated heterocycles. The lowest BCUT2D eigenvalue weighted by atomic mass is 10.1. The molecule has 72 valence electrons. The van der Waals surface area contributed by atoms with Gasteiger partial charge in [-0.15, -0.1) is 0 Å². The van der Waals surface area contributed by atoms with E-state index in [1.165, 1.54) is 0 Å². The first-order valence-electron chi connectivity index (χ1n) is 4.62. The van der Waals surface area contributed by atoms with Crippen LogP contribution in [0.5, 0.6) is 0 Å². The van der Waals surface area contributed by atoms with E-state index in [9.17, 15) is 0 Å². The van der Waals surface area contributed by atoms with E-state index < -0.39 is 0 Å². The van der Waals surface area contributed by atoms with Gasteiger partial charge in [0, 0.05) is 29.7 Å². The average molecular weight is 195 g/mol. The molecule has 3 heteroatoms. The van der Waals surface area contributed by atoms with Crippen molar-refractivity contribution in [3.05, 3.63) is 48.5 Å². The predicted molar refractivity (Wildman–Crippen MR) is 56.8 cm³/mol. The Balaban J connectivity index is 2.29. The van der Waals surface area contributed by atoms with E-state index in [0.717, 1.165) is 16.8 Å². The fourth-order valence-electron chi connectivity index (χ4n) is 1.31. The largest absolute Gasteiger partial charge is 0.264 e. The van der Waals surface area contributed by atoms with Gasteiger partial charge in [0.1, 0.15) is 0 Å². The van der Waals surface area contributed by atoms with Crippen LogP contribution < -0.4 is 0 Å². The van der Waals surface area contributed by atoms with Crippen molar-refractivity contribution in [2.45, 2.75) is 6.42 Å². The van der Waals surface area contributed by atoms with Gasteiger partial charge in [0.15, 0.2) is 0 Å². The molecule has 0 N–H and O–H groups in total. The Morgan fingerprint density at radius 3 is 2.60 bits per heavy atom. The lowest BCUT2D eigenvalue weighted by Gasteiger charge is -2.00. The van der Waals surface area contributed by atoms with Crippen LogP contribution in [0.3, 0.4) is 0 Å². The van der Waals surface area contributed by atoms with Crippen molar-refractivity contribution in [2.75, 3.05) is 0 Å². The summed E-state index contributed by atoms with van der Waals surface area (Å²) in [5.74, 6) is 0. The molecule has 0 saturated carbocycles. The second-order valence-corrected chi connectivity index (χ2v) is 3.11. The van der Waals surface area contributed by atoms with Gasteiger partial charge in [-0.05, 0) is 12.1 Å². The number of aromatic nitrogens is 2. The van der Waals surface area contributed by atoms with Crippen LogP contribution in [0.1, 0.15) is 5.69 Å². The fraction of sp³-hybridized carbons (Fsp3) is 0.0833. The van der Waals surface area contributed by atoms with Gasteiger partial charge in [-0.2, -0.15) is 5.26 Å². The Kier molecular flexibility index (Phi) is 2.70. The first kappa shape index (κ1) is 9.35. The van der Waals surface area contributed by atoms with Crippen LogP contribution in [0.4, 0.5) is 0 Å². The van der Waals surface area contributed by atoms with E-state index in [1.807, 2.05) is 24.3 Å². The number of hydrogen-bond acceptors (Lipinski definition) is 3. The lowest BCUT2D eigenvalue weighted by Crippen LogP contribution is -1.88. The molecule has 15 heavy (non-hydrogen) atoms. The standard InChI is InChI=1S/C12H9N3/c13-6-5-12-4-3-11(9-15-12)10-2-1-7-14-8-10/h1-4,7-9H,5H2. The van der Waals surface area contributed by atoms with Gasteiger partial charge in [-0.1, -0.05) is 12.1 Å². The molecule has 0 atom stereocenters. The minimum Gasteiger partial charge on any atom is -0.264 e. The molecule has 0 aliphatic rings. The molecule has 0 amide bonds. The number of nitriles is 1. The van der Waals surface area contributed by atoms with Crippen LogP contribution in [0, 0.1) is 11.3 Å². The summed E-state index contributed by atoms with van der Waals surface area (Å²) in [6.45, 7) is 0. The molecule has 2 heterocycles. The minimum absolute atomic E-state index is 0.354. The van der Waals surface area contributed by atoms with Gasteiger partial charge >= 0.3 is 0 Å². The molecule has 0 fully saturated rings. The van der Waals surface area contributed by atoms with Crippen molar-refractivity contribution >= 4 is 0 Å². The topological polar surface area (TPSA) is 49.6 Å². The molecule has 2 aromatic rings. The van der Waals surface area contributed by atoms with Crippen LogP contribution in [0.25, 0.3) is 11.1 Å². The van der Waals surface area contributed by atoms with Crippen LogP contribution >= 0.6 is 0 Å². The summed E-state index contributed by atoms with van der Waals surface area (Å²) >= 11 is 0. The monoisotopic (exact) mass is 195 g/mol. The van der Waals surface area contributed by atoms with E-state index in [1.54, 1.807) is 18.6 Å². The molecule has 2 rings (SSSR count). The summed E-state index contributed by atoms with van der Waals surface area (Å²) in [6, 6.07) is 9.76. The second-order valence-electron chi connectivity index (χ2n) is 3.11. The van der Waals surface area contributed by atoms with E-state index in [2.05, 4.69) is 16.0 Å². The maximum absolute atomic E-state index is 8.51. The Labute approximate surface area is 88.1 Å². The zero-order chi connectivity index (χ0) is 10.5. The molecular weight excluding hydrogens is 186 g/mol. The SMILES string of the molecule is N#CCc1ccc(-c2cccnc2)cn1. The Bertz CT molecular complexity index is 468. The van der Waals surface area contributed by atoms with E-state index in [4.69, 9.17) is 5.26 Å². The molecular formula is C12H9N3. The van der Waals surface area contributed by atoms with E-state index in [0.29, 0.717) is 6.42 Å². The van der Waals surface area contributed by atoms with Gasteiger partial charge < -0.3 is 0 Å². The molecule has 0 unspecified atom stereocenters. The smallest absolute Gasteiger partial charge is 0.0774 e. The summed E-state index contributed by atoms with van der Waals surface area (Å²) in [6.07, 6.45) is 5.65. The summed E-state index contributed by atoms with van der Waals surface area (Å²) in [5.41, 5.74) is 2.85. The van der Waals surface area contributed by atoms with Crippen molar-refractivity contribution in [3.8, 4) is 17.2 Å². The number of rotatable bonds is 2. The van der Waals surface area contributed by atoms with Crippen LogP contribution in [-0.2, 0) is 6.42 Å². The van der Waals surface area contributed by atoms with Gasteiger partial charge in [-0.25, -0.2) is 0 Å². The third-order valence-electron chi connectivity index (χ3n) is 2.08. The Hall–Kier alpha value is -2.21. The highest BCUT2D eigenvalue weighted by atomic mass is 14.7. The molecule has 0 aliphatic carbocycles. The zero-order valence-electron chi connectivity index (χ0n) is 8.09. The molecule has 2 aromatic heterocycles. The fourth-order valence-corrected chi connectivity index (χ4v) is 1.31. The maximum atomic E-state index is 8.51. The van der Waals surface area contributed by atoms with Gasteiger partial charge in [0.2, 0.25) is 0 Å². The van der Waals surface area contributed by atoms with Crippen LogP contribution in [-0.4, -0.2) is 9.97 Å². The highest BCUT2D eigenvalue weighted by Crippen LogP contribution is 2.16. The summed E-state index contributed by atoms with van der Waals surface area (Å²) in [7, 11) is 0. The number of pyridine rings is 2. The van der Waals surface area contributed by atoms with Gasteiger partial charge in [-0.3, -0.25) is 9.97 Å². The zero-order valence-corrected chi connectivity index (χ0v) is 8.09. The van der Waals surface area contributed by atoms with Crippen molar-refractivity contribution in [3.63, 3.8) is 0 Å². The quantitative estimate of drug-likeness (QED) is 0.738. The molecule has 3 nitrogen and oxygen atoms in total. The van der Waals surface area contributed by atoms with Crippen molar-refractivity contribution in [1.29, 1.82) is 5.26 Å². The summed E-state index contributed by atoms with van der Waals surface area (Å²) in [5, 5.41) is 8.51. The molecule has 0 spiro atoms. The Morgan fingerprint density at radius 2 is 2.00 bits per heavy atom. The van der Waals surface area contributed by atoms with E-state index >= 15 is 0 Å². The normalized spacial score (nSPS) is 9.53. The molecule has 0 aliphatic heterocycles. The second kappa shape index (κ2) is 4.34. The lowest BCUT2D eigenvalue weighted by molar-refractivity contribution is 1.12.